The van der Waals surface area contributed by atoms with E-state index in [1.165, 1.54) is 6.42 Å². The standard InChI is InChI=1S/C24H23NO4.C4H8O2/c1-15-6-4-5-11-25(15)14-19-20(26)10-9-18-23(27)22(29-24(18)19)13-17-12-16-7-2-3-8-21(16)28-17;1-2-6-4-3-5-1/h2-3,7-10,12-13,15,26H,4-6,11,14H2,1H3;1-4H2/b22-13-;. The Labute approximate surface area is 204 Å². The molecule has 184 valence electrons. The Bertz CT molecular complexity index is 1180. The van der Waals surface area contributed by atoms with Crippen molar-refractivity contribution in [3.8, 4) is 11.5 Å². The van der Waals surface area contributed by atoms with Crippen molar-refractivity contribution in [3.05, 3.63) is 65.1 Å². The van der Waals surface area contributed by atoms with E-state index in [-0.39, 0.29) is 17.3 Å². The number of fused-ring (bicyclic) bond motifs is 2. The molecule has 1 atom stereocenters. The van der Waals surface area contributed by atoms with Crippen molar-refractivity contribution in [2.75, 3.05) is 33.0 Å². The van der Waals surface area contributed by atoms with Crippen LogP contribution in [0.3, 0.4) is 0 Å². The largest absolute Gasteiger partial charge is 0.507 e. The first-order chi connectivity index (χ1) is 17.1. The minimum atomic E-state index is -0.187. The highest BCUT2D eigenvalue weighted by Crippen LogP contribution is 2.41. The number of para-hydroxylation sites is 1. The maximum atomic E-state index is 12.9. The Morgan fingerprint density at radius 1 is 1.06 bits per heavy atom. The van der Waals surface area contributed by atoms with E-state index in [1.54, 1.807) is 18.2 Å². The van der Waals surface area contributed by atoms with Gasteiger partial charge in [0.2, 0.25) is 5.78 Å². The van der Waals surface area contributed by atoms with Crippen LogP contribution >= 0.6 is 0 Å². The third kappa shape index (κ3) is 5.27. The van der Waals surface area contributed by atoms with E-state index >= 15 is 0 Å². The molecular formula is C28H31NO6. The maximum absolute atomic E-state index is 12.9. The molecule has 6 rings (SSSR count). The number of furan rings is 1. The SMILES string of the molecule is C1COCCO1.CC1CCCCN1Cc1c(O)ccc2c1O/C(=C\c1cc3ccccc3o1)C2=O. The molecule has 2 saturated heterocycles. The highest BCUT2D eigenvalue weighted by Gasteiger charge is 2.32. The molecule has 0 radical (unpaired) electrons. The van der Waals surface area contributed by atoms with Crippen LogP contribution in [0.25, 0.3) is 17.0 Å². The fourth-order valence-electron chi connectivity index (χ4n) is 4.69. The quantitative estimate of drug-likeness (QED) is 0.522. The number of likely N-dealkylation sites (tertiary alicyclic amines) is 1. The molecule has 7 heteroatoms. The normalized spacial score (nSPS) is 21.5. The van der Waals surface area contributed by atoms with E-state index in [1.807, 2.05) is 30.3 Å². The molecule has 3 aliphatic rings. The molecule has 1 N–H and O–H groups in total. The Morgan fingerprint density at radius 2 is 1.83 bits per heavy atom. The molecule has 2 aromatic carbocycles. The number of ether oxygens (including phenoxy) is 3. The van der Waals surface area contributed by atoms with Crippen LogP contribution in [0.4, 0.5) is 0 Å². The van der Waals surface area contributed by atoms with Crippen LogP contribution in [0.1, 0.15) is 47.9 Å². The third-order valence-electron chi connectivity index (χ3n) is 6.68. The van der Waals surface area contributed by atoms with Gasteiger partial charge in [-0.05, 0) is 50.6 Å². The second-order valence-corrected chi connectivity index (χ2v) is 9.11. The molecule has 35 heavy (non-hydrogen) atoms. The predicted molar refractivity (Wildman–Crippen MR) is 133 cm³/mol. The number of piperidine rings is 1. The maximum Gasteiger partial charge on any atom is 0.232 e. The van der Waals surface area contributed by atoms with Crippen molar-refractivity contribution in [1.29, 1.82) is 0 Å². The van der Waals surface area contributed by atoms with Gasteiger partial charge in [0, 0.05) is 24.0 Å². The molecule has 0 saturated carbocycles. The summed E-state index contributed by atoms with van der Waals surface area (Å²) in [6.45, 7) is 6.87. The van der Waals surface area contributed by atoms with Crippen molar-refractivity contribution in [2.24, 2.45) is 0 Å². The number of Topliss-reactive ketones (excluding diaryl/α,β-unsaturated/α-hetero) is 1. The lowest BCUT2D eigenvalue weighted by atomic mass is 10.0. The molecule has 0 bridgehead atoms. The molecule has 1 unspecified atom stereocenters. The van der Waals surface area contributed by atoms with Gasteiger partial charge in [0.25, 0.3) is 0 Å². The number of benzene rings is 2. The minimum absolute atomic E-state index is 0.166. The number of carbonyl (C=O) groups is 1. The van der Waals surface area contributed by atoms with Gasteiger partial charge in [0.05, 0.1) is 37.6 Å². The van der Waals surface area contributed by atoms with Crippen LogP contribution in [0.2, 0.25) is 0 Å². The van der Waals surface area contributed by atoms with Gasteiger partial charge in [-0.15, -0.1) is 0 Å². The number of nitrogens with zero attached hydrogens (tertiary/aromatic N) is 1. The molecule has 3 aliphatic heterocycles. The smallest absolute Gasteiger partial charge is 0.232 e. The highest BCUT2D eigenvalue weighted by atomic mass is 16.6. The van der Waals surface area contributed by atoms with Crippen LogP contribution < -0.4 is 4.74 Å². The van der Waals surface area contributed by atoms with E-state index in [0.717, 1.165) is 56.8 Å². The number of hydrogen-bond acceptors (Lipinski definition) is 7. The zero-order valence-corrected chi connectivity index (χ0v) is 20.0. The summed E-state index contributed by atoms with van der Waals surface area (Å²) in [4.78, 5) is 15.2. The van der Waals surface area contributed by atoms with Crippen LogP contribution in [0, 0.1) is 0 Å². The molecule has 0 spiro atoms. The average molecular weight is 478 g/mol. The highest BCUT2D eigenvalue weighted by molar-refractivity contribution is 6.15. The van der Waals surface area contributed by atoms with Crippen molar-refractivity contribution in [2.45, 2.75) is 38.8 Å². The molecule has 0 amide bonds. The molecule has 4 heterocycles. The summed E-state index contributed by atoms with van der Waals surface area (Å²) < 4.78 is 21.7. The summed E-state index contributed by atoms with van der Waals surface area (Å²) in [5.41, 5.74) is 1.93. The summed E-state index contributed by atoms with van der Waals surface area (Å²) in [5, 5.41) is 11.5. The van der Waals surface area contributed by atoms with Gasteiger partial charge in [-0.2, -0.15) is 0 Å². The minimum Gasteiger partial charge on any atom is -0.507 e. The molecule has 2 fully saturated rings. The lowest BCUT2D eigenvalue weighted by molar-refractivity contribution is -0.0334. The predicted octanol–water partition coefficient (Wildman–Crippen LogP) is 5.16. The number of rotatable bonds is 3. The molecular weight excluding hydrogens is 446 g/mol. The number of phenolic OH excluding ortho intramolecular Hbond substituents is 1. The average Bonchev–Trinajstić information content (AvgIpc) is 3.44. The zero-order valence-electron chi connectivity index (χ0n) is 20.0. The van der Waals surface area contributed by atoms with Crippen LogP contribution in [-0.4, -0.2) is 54.8 Å². The van der Waals surface area contributed by atoms with Gasteiger partial charge in [-0.1, -0.05) is 24.6 Å². The fourth-order valence-corrected chi connectivity index (χ4v) is 4.69. The van der Waals surface area contributed by atoms with Crippen molar-refractivity contribution >= 4 is 22.8 Å². The molecule has 3 aromatic rings. The van der Waals surface area contributed by atoms with E-state index < -0.39 is 0 Å². The first kappa shape index (κ1) is 23.6. The van der Waals surface area contributed by atoms with Crippen molar-refractivity contribution in [1.82, 2.24) is 4.90 Å². The van der Waals surface area contributed by atoms with E-state index in [9.17, 15) is 9.90 Å². The van der Waals surface area contributed by atoms with Gasteiger partial charge in [-0.25, -0.2) is 0 Å². The van der Waals surface area contributed by atoms with E-state index in [4.69, 9.17) is 18.6 Å². The first-order valence-corrected chi connectivity index (χ1v) is 12.3. The summed E-state index contributed by atoms with van der Waals surface area (Å²) >= 11 is 0. The number of allylic oxidation sites excluding steroid dienone is 1. The number of phenols is 1. The Balaban J connectivity index is 0.000000371. The number of carbonyl (C=O) groups excluding carboxylic acids is 1. The van der Waals surface area contributed by atoms with Crippen LogP contribution in [0.15, 0.2) is 52.6 Å². The van der Waals surface area contributed by atoms with Gasteiger partial charge >= 0.3 is 0 Å². The van der Waals surface area contributed by atoms with Crippen molar-refractivity contribution in [3.63, 3.8) is 0 Å². The van der Waals surface area contributed by atoms with Gasteiger partial charge in [0.1, 0.15) is 22.8 Å². The number of ketones is 1. The second-order valence-electron chi connectivity index (χ2n) is 9.11. The van der Waals surface area contributed by atoms with E-state index in [2.05, 4.69) is 11.8 Å². The lowest BCUT2D eigenvalue weighted by Gasteiger charge is -2.33. The van der Waals surface area contributed by atoms with Gasteiger partial charge in [0.15, 0.2) is 5.76 Å². The Morgan fingerprint density at radius 3 is 2.54 bits per heavy atom. The first-order valence-electron chi connectivity index (χ1n) is 12.3. The molecule has 0 aliphatic carbocycles. The van der Waals surface area contributed by atoms with Gasteiger partial charge < -0.3 is 23.7 Å². The summed E-state index contributed by atoms with van der Waals surface area (Å²) in [6, 6.07) is 13.3. The third-order valence-corrected chi connectivity index (χ3v) is 6.68. The van der Waals surface area contributed by atoms with E-state index in [0.29, 0.717) is 35.2 Å². The van der Waals surface area contributed by atoms with Crippen LogP contribution in [-0.2, 0) is 16.0 Å². The topological polar surface area (TPSA) is 81.4 Å². The number of hydrogen-bond donors (Lipinski definition) is 1. The lowest BCUT2D eigenvalue weighted by Crippen LogP contribution is -2.36. The number of aromatic hydroxyl groups is 1. The monoisotopic (exact) mass is 477 g/mol. The second kappa shape index (κ2) is 10.6. The van der Waals surface area contributed by atoms with Crippen LogP contribution in [0.5, 0.6) is 11.5 Å². The Kier molecular flexibility index (Phi) is 7.18. The van der Waals surface area contributed by atoms with Gasteiger partial charge in [-0.3, -0.25) is 9.69 Å². The molecule has 1 aromatic heterocycles. The summed E-state index contributed by atoms with van der Waals surface area (Å²) in [5.74, 6) is 1.23. The summed E-state index contributed by atoms with van der Waals surface area (Å²) in [7, 11) is 0. The summed E-state index contributed by atoms with van der Waals surface area (Å²) in [6.07, 6.45) is 5.16. The zero-order chi connectivity index (χ0) is 24.2. The molecule has 7 nitrogen and oxygen atoms in total. The Hall–Kier alpha value is -3.13. The van der Waals surface area contributed by atoms with Crippen molar-refractivity contribution < 1.29 is 28.5 Å². The fraction of sp³-hybridized carbons (Fsp3) is 0.393.